The second-order valence-corrected chi connectivity index (χ2v) is 6.23. The van der Waals surface area contributed by atoms with E-state index in [0.717, 1.165) is 12.2 Å². The maximum absolute atomic E-state index is 12.5. The Morgan fingerprint density at radius 1 is 1.17 bits per heavy atom. The number of nitrogens with one attached hydrogen (secondary N) is 1. The van der Waals surface area contributed by atoms with Gasteiger partial charge in [-0.05, 0) is 44.0 Å². The largest absolute Gasteiger partial charge is 0.348 e. The number of rotatable bonds is 3. The molecule has 2 aromatic rings. The molecule has 0 aliphatic carbocycles. The van der Waals surface area contributed by atoms with Gasteiger partial charge in [0.2, 0.25) is 0 Å². The average molecular weight is 333 g/mol. The highest BCUT2D eigenvalue weighted by atomic mass is 35.5. The Hall–Kier alpha value is -1.85. The quantitative estimate of drug-likeness (QED) is 0.936. The molecule has 23 heavy (non-hydrogen) atoms. The first-order chi connectivity index (χ1) is 10.8. The van der Waals surface area contributed by atoms with Crippen LogP contribution in [0.15, 0.2) is 42.7 Å². The van der Waals surface area contributed by atoms with E-state index < -0.39 is 0 Å². The predicted molar refractivity (Wildman–Crippen MR) is 91.2 cm³/mol. The van der Waals surface area contributed by atoms with Gasteiger partial charge in [0.1, 0.15) is 0 Å². The fourth-order valence-electron chi connectivity index (χ4n) is 3.54. The third-order valence-corrected chi connectivity index (χ3v) is 4.84. The van der Waals surface area contributed by atoms with E-state index in [9.17, 15) is 4.79 Å². The molecule has 4 heterocycles. The molecule has 122 valence electrons. The van der Waals surface area contributed by atoms with Gasteiger partial charge >= 0.3 is 0 Å². The van der Waals surface area contributed by atoms with Crippen LogP contribution < -0.4 is 5.32 Å². The molecule has 6 heteroatoms. The van der Waals surface area contributed by atoms with E-state index in [1.54, 1.807) is 17.1 Å². The van der Waals surface area contributed by atoms with Crippen LogP contribution in [-0.2, 0) is 0 Å². The van der Waals surface area contributed by atoms with E-state index in [4.69, 9.17) is 0 Å². The second kappa shape index (κ2) is 6.72. The van der Waals surface area contributed by atoms with Gasteiger partial charge in [-0.3, -0.25) is 4.79 Å². The highest BCUT2D eigenvalue weighted by Gasteiger charge is 2.35. The Bertz CT molecular complexity index is 664. The van der Waals surface area contributed by atoms with Gasteiger partial charge in [0.25, 0.3) is 5.91 Å². The van der Waals surface area contributed by atoms with Crippen molar-refractivity contribution in [1.29, 1.82) is 0 Å². The van der Waals surface area contributed by atoms with Crippen LogP contribution in [0.5, 0.6) is 0 Å². The Morgan fingerprint density at radius 2 is 1.91 bits per heavy atom. The minimum Gasteiger partial charge on any atom is -0.348 e. The van der Waals surface area contributed by atoms with E-state index in [1.807, 2.05) is 30.3 Å². The summed E-state index contributed by atoms with van der Waals surface area (Å²) in [6.07, 6.45) is 5.85. The van der Waals surface area contributed by atoms with Crippen molar-refractivity contribution in [3.8, 4) is 5.69 Å². The van der Waals surface area contributed by atoms with Gasteiger partial charge in [0.15, 0.2) is 0 Å². The van der Waals surface area contributed by atoms with Gasteiger partial charge in [-0.15, -0.1) is 12.4 Å². The summed E-state index contributed by atoms with van der Waals surface area (Å²) in [5.74, 6) is 0.624. The van der Waals surface area contributed by atoms with Gasteiger partial charge in [0, 0.05) is 18.8 Å². The highest BCUT2D eigenvalue weighted by molar-refractivity contribution is 5.94. The number of carbonyl (C=O) groups is 1. The molecule has 3 aliphatic rings. The van der Waals surface area contributed by atoms with Crippen LogP contribution in [0.3, 0.4) is 0 Å². The molecular formula is C17H21ClN4O. The smallest absolute Gasteiger partial charge is 0.254 e. The number of halogens is 1. The van der Waals surface area contributed by atoms with Crippen molar-refractivity contribution >= 4 is 18.3 Å². The van der Waals surface area contributed by atoms with Crippen LogP contribution in [0.4, 0.5) is 0 Å². The van der Waals surface area contributed by atoms with Crippen molar-refractivity contribution in [3.05, 3.63) is 48.3 Å². The zero-order valence-electron chi connectivity index (χ0n) is 12.9. The summed E-state index contributed by atoms with van der Waals surface area (Å²) < 4.78 is 1.74. The van der Waals surface area contributed by atoms with Crippen molar-refractivity contribution in [2.75, 3.05) is 19.6 Å². The van der Waals surface area contributed by atoms with Crippen molar-refractivity contribution in [2.24, 2.45) is 5.92 Å². The summed E-state index contributed by atoms with van der Waals surface area (Å²) in [7, 11) is 0. The normalized spacial score (nSPS) is 25.7. The van der Waals surface area contributed by atoms with Crippen LogP contribution in [-0.4, -0.2) is 46.3 Å². The van der Waals surface area contributed by atoms with Crippen LogP contribution in [0.1, 0.15) is 23.2 Å². The molecule has 1 aromatic heterocycles. The molecule has 1 atom stereocenters. The molecule has 3 fully saturated rings. The molecule has 0 saturated carbocycles. The van der Waals surface area contributed by atoms with Crippen LogP contribution in [0, 0.1) is 5.92 Å². The summed E-state index contributed by atoms with van der Waals surface area (Å²) in [6, 6.07) is 10.1. The number of para-hydroxylation sites is 1. The van der Waals surface area contributed by atoms with Crippen LogP contribution in [0.25, 0.3) is 5.69 Å². The third kappa shape index (κ3) is 3.26. The maximum atomic E-state index is 12.5. The summed E-state index contributed by atoms with van der Waals surface area (Å²) in [6.45, 7) is 3.36. The minimum absolute atomic E-state index is 0. The van der Waals surface area contributed by atoms with E-state index in [2.05, 4.69) is 15.3 Å². The zero-order valence-corrected chi connectivity index (χ0v) is 13.7. The highest BCUT2D eigenvalue weighted by Crippen LogP contribution is 2.27. The first-order valence-corrected chi connectivity index (χ1v) is 7.93. The van der Waals surface area contributed by atoms with Crippen molar-refractivity contribution in [2.45, 2.75) is 18.9 Å². The summed E-state index contributed by atoms with van der Waals surface area (Å²) in [5.41, 5.74) is 1.59. The standard InChI is InChI=1S/C17H20N4O.ClH/c22-17(19-16-12-20-8-6-13(16)7-9-20)14-10-18-21(11-14)15-4-2-1-3-5-15;/h1-5,10-11,13,16H,6-9,12H2,(H,19,22);1H/t16-;/m0./s1. The van der Waals surface area contributed by atoms with Crippen LogP contribution in [0.2, 0.25) is 0 Å². The molecule has 2 bridgehead atoms. The summed E-state index contributed by atoms with van der Waals surface area (Å²) in [5, 5.41) is 7.49. The molecule has 1 amide bonds. The lowest BCUT2D eigenvalue weighted by atomic mass is 9.84. The second-order valence-electron chi connectivity index (χ2n) is 6.23. The van der Waals surface area contributed by atoms with Gasteiger partial charge in [-0.1, -0.05) is 18.2 Å². The van der Waals surface area contributed by atoms with Crippen molar-refractivity contribution < 1.29 is 4.79 Å². The number of hydrogen-bond donors (Lipinski definition) is 1. The molecule has 1 aromatic carbocycles. The fourth-order valence-corrected chi connectivity index (χ4v) is 3.54. The first kappa shape index (κ1) is 16.0. The van der Waals surface area contributed by atoms with Gasteiger partial charge in [-0.25, -0.2) is 4.68 Å². The van der Waals surface area contributed by atoms with Gasteiger partial charge in [-0.2, -0.15) is 5.10 Å². The fraction of sp³-hybridized carbons (Fsp3) is 0.412. The lowest BCUT2D eigenvalue weighted by Gasteiger charge is -2.44. The molecule has 3 aliphatic heterocycles. The number of amides is 1. The number of carbonyl (C=O) groups excluding carboxylic acids is 1. The lowest BCUT2D eigenvalue weighted by Crippen LogP contribution is -2.57. The van der Waals surface area contributed by atoms with Crippen molar-refractivity contribution in [1.82, 2.24) is 20.0 Å². The zero-order chi connectivity index (χ0) is 14.9. The van der Waals surface area contributed by atoms with Gasteiger partial charge < -0.3 is 10.2 Å². The SMILES string of the molecule is Cl.O=C(N[C@H]1CN2CCC1CC2)c1cnn(-c2ccccc2)c1. The Labute approximate surface area is 142 Å². The first-order valence-electron chi connectivity index (χ1n) is 7.93. The van der Waals surface area contributed by atoms with E-state index in [1.165, 1.54) is 25.9 Å². The van der Waals surface area contributed by atoms with Crippen LogP contribution >= 0.6 is 12.4 Å². The topological polar surface area (TPSA) is 50.2 Å². The number of benzene rings is 1. The molecule has 3 saturated heterocycles. The number of aromatic nitrogens is 2. The number of piperidine rings is 3. The van der Waals surface area contributed by atoms with E-state index in [0.29, 0.717) is 11.5 Å². The monoisotopic (exact) mass is 332 g/mol. The molecule has 0 spiro atoms. The number of hydrogen-bond acceptors (Lipinski definition) is 3. The minimum atomic E-state index is -0.0130. The molecule has 0 radical (unpaired) electrons. The molecule has 0 unspecified atom stereocenters. The predicted octanol–water partition coefficient (Wildman–Crippen LogP) is 2.12. The number of fused-ring (bicyclic) bond motifs is 3. The molecule has 5 rings (SSSR count). The molecular weight excluding hydrogens is 312 g/mol. The van der Waals surface area contributed by atoms with E-state index >= 15 is 0 Å². The summed E-state index contributed by atoms with van der Waals surface area (Å²) >= 11 is 0. The Balaban J connectivity index is 0.00000156. The molecule has 5 nitrogen and oxygen atoms in total. The van der Waals surface area contributed by atoms with Gasteiger partial charge in [0.05, 0.1) is 17.4 Å². The maximum Gasteiger partial charge on any atom is 0.254 e. The number of nitrogens with zero attached hydrogens (tertiary/aromatic N) is 3. The van der Waals surface area contributed by atoms with E-state index in [-0.39, 0.29) is 24.4 Å². The average Bonchev–Trinajstić information content (AvgIpc) is 3.07. The Kier molecular flexibility index (Phi) is 4.68. The molecule has 1 N–H and O–H groups in total. The third-order valence-electron chi connectivity index (χ3n) is 4.84. The Morgan fingerprint density at radius 3 is 2.57 bits per heavy atom. The summed E-state index contributed by atoms with van der Waals surface area (Å²) in [4.78, 5) is 14.9. The lowest BCUT2D eigenvalue weighted by molar-refractivity contribution is 0.0620. The van der Waals surface area contributed by atoms with Crippen molar-refractivity contribution in [3.63, 3.8) is 0 Å².